The first-order chi connectivity index (χ1) is 18.5. The SMILES string of the molecule is Cc1ccc(C)c(N(CC(=O)N(CCc2ccccc2)[C@@H](C)C(=O)NCC(C)C)S(=O)(=O)c2ccccc2)c1. The van der Waals surface area contributed by atoms with Gasteiger partial charge >= 0.3 is 0 Å². The van der Waals surface area contributed by atoms with E-state index in [1.807, 2.05) is 70.2 Å². The number of carbonyl (C=O) groups is 2. The van der Waals surface area contributed by atoms with Crippen LogP contribution >= 0.6 is 0 Å². The lowest BCUT2D eigenvalue weighted by Gasteiger charge is -2.32. The molecular formula is C31H39N3O4S. The van der Waals surface area contributed by atoms with Gasteiger partial charge < -0.3 is 10.2 Å². The maximum absolute atomic E-state index is 13.9. The molecule has 3 aromatic carbocycles. The Morgan fingerprint density at radius 3 is 2.10 bits per heavy atom. The van der Waals surface area contributed by atoms with E-state index in [1.165, 1.54) is 21.3 Å². The standard InChI is InChI=1S/C31H39N3O4S/c1-23(2)21-32-31(36)26(5)33(19-18-27-12-8-6-9-13-27)30(35)22-34(29-20-24(3)16-17-25(29)4)39(37,38)28-14-10-7-11-15-28/h6-17,20,23,26H,18-19,21-22H2,1-5H3,(H,32,36)/t26-/m0/s1. The van der Waals surface area contributed by atoms with Crippen molar-refractivity contribution in [2.75, 3.05) is 23.9 Å². The van der Waals surface area contributed by atoms with E-state index < -0.39 is 28.5 Å². The fraction of sp³-hybridized carbons (Fsp3) is 0.355. The highest BCUT2D eigenvalue weighted by Crippen LogP contribution is 2.28. The second-order valence-electron chi connectivity index (χ2n) is 10.3. The Kier molecular flexibility index (Phi) is 10.3. The average Bonchev–Trinajstić information content (AvgIpc) is 2.92. The molecule has 208 valence electrons. The van der Waals surface area contributed by atoms with Crippen molar-refractivity contribution in [1.29, 1.82) is 0 Å². The van der Waals surface area contributed by atoms with Crippen LogP contribution in [-0.4, -0.2) is 50.8 Å². The molecule has 0 aliphatic rings. The predicted molar refractivity (Wildman–Crippen MR) is 156 cm³/mol. The van der Waals surface area contributed by atoms with Crippen molar-refractivity contribution < 1.29 is 18.0 Å². The number of sulfonamides is 1. The highest BCUT2D eigenvalue weighted by Gasteiger charge is 2.33. The summed E-state index contributed by atoms with van der Waals surface area (Å²) in [6, 6.07) is 22.6. The number of benzene rings is 3. The summed E-state index contributed by atoms with van der Waals surface area (Å²) in [5, 5.41) is 2.91. The Balaban J connectivity index is 1.99. The van der Waals surface area contributed by atoms with E-state index in [0.29, 0.717) is 18.7 Å². The van der Waals surface area contributed by atoms with E-state index in [4.69, 9.17) is 0 Å². The molecule has 0 saturated heterocycles. The van der Waals surface area contributed by atoms with Gasteiger partial charge in [-0.3, -0.25) is 13.9 Å². The summed E-state index contributed by atoms with van der Waals surface area (Å²) >= 11 is 0. The van der Waals surface area contributed by atoms with Gasteiger partial charge in [-0.2, -0.15) is 0 Å². The summed E-state index contributed by atoms with van der Waals surface area (Å²) in [4.78, 5) is 28.6. The van der Waals surface area contributed by atoms with Crippen molar-refractivity contribution in [2.45, 2.75) is 52.0 Å². The predicted octanol–water partition coefficient (Wildman–Crippen LogP) is 4.73. The molecule has 0 aromatic heterocycles. The minimum absolute atomic E-state index is 0.0947. The second kappa shape index (κ2) is 13.4. The third-order valence-corrected chi connectivity index (χ3v) is 8.35. The van der Waals surface area contributed by atoms with Crippen LogP contribution in [-0.2, 0) is 26.0 Å². The summed E-state index contributed by atoms with van der Waals surface area (Å²) in [5.41, 5.74) is 3.06. The number of aryl methyl sites for hydroxylation is 2. The number of carbonyl (C=O) groups excluding carboxylic acids is 2. The van der Waals surface area contributed by atoms with E-state index in [-0.39, 0.29) is 23.3 Å². The van der Waals surface area contributed by atoms with Crippen molar-refractivity contribution in [1.82, 2.24) is 10.2 Å². The first-order valence-electron chi connectivity index (χ1n) is 13.3. The molecule has 0 bridgehead atoms. The van der Waals surface area contributed by atoms with Crippen LogP contribution in [0.2, 0.25) is 0 Å². The van der Waals surface area contributed by atoms with Gasteiger partial charge in [-0.25, -0.2) is 8.42 Å². The van der Waals surface area contributed by atoms with E-state index in [9.17, 15) is 18.0 Å². The number of hydrogen-bond donors (Lipinski definition) is 1. The van der Waals surface area contributed by atoms with E-state index in [1.54, 1.807) is 31.2 Å². The van der Waals surface area contributed by atoms with Gasteiger partial charge in [-0.05, 0) is 68.0 Å². The van der Waals surface area contributed by atoms with Gasteiger partial charge in [-0.1, -0.05) is 74.5 Å². The van der Waals surface area contributed by atoms with Gasteiger partial charge in [0.1, 0.15) is 12.6 Å². The zero-order chi connectivity index (χ0) is 28.6. The molecular weight excluding hydrogens is 510 g/mol. The first-order valence-corrected chi connectivity index (χ1v) is 14.7. The largest absolute Gasteiger partial charge is 0.354 e. The van der Waals surface area contributed by atoms with Gasteiger partial charge in [-0.15, -0.1) is 0 Å². The van der Waals surface area contributed by atoms with Crippen LogP contribution in [0, 0.1) is 19.8 Å². The maximum atomic E-state index is 13.9. The van der Waals surface area contributed by atoms with Crippen molar-refractivity contribution in [3.05, 3.63) is 95.6 Å². The molecule has 39 heavy (non-hydrogen) atoms. The molecule has 1 N–H and O–H groups in total. The topological polar surface area (TPSA) is 86.8 Å². The van der Waals surface area contributed by atoms with Crippen molar-refractivity contribution in [2.24, 2.45) is 5.92 Å². The highest BCUT2D eigenvalue weighted by molar-refractivity contribution is 7.92. The number of rotatable bonds is 12. The maximum Gasteiger partial charge on any atom is 0.264 e. The monoisotopic (exact) mass is 549 g/mol. The van der Waals surface area contributed by atoms with E-state index in [0.717, 1.165) is 16.7 Å². The zero-order valence-corrected chi connectivity index (χ0v) is 24.2. The van der Waals surface area contributed by atoms with Gasteiger partial charge in [0.2, 0.25) is 11.8 Å². The lowest BCUT2D eigenvalue weighted by Crippen LogP contribution is -2.52. The zero-order valence-electron chi connectivity index (χ0n) is 23.4. The Hall–Kier alpha value is -3.65. The molecule has 3 aromatic rings. The Morgan fingerprint density at radius 1 is 0.872 bits per heavy atom. The molecule has 0 unspecified atom stereocenters. The molecule has 0 spiro atoms. The minimum Gasteiger partial charge on any atom is -0.354 e. The summed E-state index contributed by atoms with van der Waals surface area (Å²) in [5.74, 6) is -0.460. The van der Waals surface area contributed by atoms with Crippen molar-refractivity contribution in [3.63, 3.8) is 0 Å². The Morgan fingerprint density at radius 2 is 1.49 bits per heavy atom. The molecule has 0 saturated carbocycles. The molecule has 3 rings (SSSR count). The van der Waals surface area contributed by atoms with Gasteiger partial charge in [0.25, 0.3) is 10.0 Å². The normalized spacial score (nSPS) is 12.2. The molecule has 0 heterocycles. The van der Waals surface area contributed by atoms with Crippen molar-refractivity contribution in [3.8, 4) is 0 Å². The van der Waals surface area contributed by atoms with Gasteiger partial charge in [0.05, 0.1) is 10.6 Å². The summed E-state index contributed by atoms with van der Waals surface area (Å²) in [6.07, 6.45) is 0.531. The van der Waals surface area contributed by atoms with Crippen LogP contribution in [0.1, 0.15) is 37.5 Å². The third kappa shape index (κ3) is 7.93. The highest BCUT2D eigenvalue weighted by atomic mass is 32.2. The molecule has 0 radical (unpaired) electrons. The number of nitrogens with zero attached hydrogens (tertiary/aromatic N) is 2. The number of anilines is 1. The lowest BCUT2D eigenvalue weighted by molar-refractivity contribution is -0.138. The van der Waals surface area contributed by atoms with Gasteiger partial charge in [0.15, 0.2) is 0 Å². The molecule has 0 fully saturated rings. The molecule has 1 atom stereocenters. The summed E-state index contributed by atoms with van der Waals surface area (Å²) in [7, 11) is -4.07. The van der Waals surface area contributed by atoms with Crippen molar-refractivity contribution >= 4 is 27.5 Å². The molecule has 8 heteroatoms. The average molecular weight is 550 g/mol. The molecule has 2 amide bonds. The second-order valence-corrected chi connectivity index (χ2v) is 12.1. The number of nitrogens with one attached hydrogen (secondary N) is 1. The van der Waals surface area contributed by atoms with Crippen LogP contribution < -0.4 is 9.62 Å². The lowest BCUT2D eigenvalue weighted by atomic mass is 10.1. The Labute approximate surface area is 232 Å². The fourth-order valence-corrected chi connectivity index (χ4v) is 5.74. The van der Waals surface area contributed by atoms with Crippen LogP contribution in [0.25, 0.3) is 0 Å². The van der Waals surface area contributed by atoms with Crippen LogP contribution in [0.4, 0.5) is 5.69 Å². The fourth-order valence-electron chi connectivity index (χ4n) is 4.24. The first kappa shape index (κ1) is 29.9. The third-order valence-electron chi connectivity index (χ3n) is 6.58. The molecule has 7 nitrogen and oxygen atoms in total. The van der Waals surface area contributed by atoms with E-state index >= 15 is 0 Å². The van der Waals surface area contributed by atoms with Crippen LogP contribution in [0.3, 0.4) is 0 Å². The van der Waals surface area contributed by atoms with Crippen LogP contribution in [0.15, 0.2) is 83.8 Å². The smallest absolute Gasteiger partial charge is 0.264 e. The molecule has 0 aliphatic carbocycles. The number of amides is 2. The van der Waals surface area contributed by atoms with E-state index in [2.05, 4.69) is 5.32 Å². The van der Waals surface area contributed by atoms with Gasteiger partial charge in [0, 0.05) is 13.1 Å². The van der Waals surface area contributed by atoms with Crippen LogP contribution in [0.5, 0.6) is 0 Å². The number of hydrogen-bond acceptors (Lipinski definition) is 4. The summed E-state index contributed by atoms with van der Waals surface area (Å²) < 4.78 is 28.9. The summed E-state index contributed by atoms with van der Waals surface area (Å²) in [6.45, 7) is 9.71. The quantitative estimate of drug-likeness (QED) is 0.354. The Bertz CT molecular complexity index is 1360. The minimum atomic E-state index is -4.07. The molecule has 0 aliphatic heterocycles.